The summed E-state index contributed by atoms with van der Waals surface area (Å²) in [5.41, 5.74) is 1.00. The van der Waals surface area contributed by atoms with Gasteiger partial charge in [-0.25, -0.2) is 4.98 Å². The largest absolute Gasteiger partial charge is 0.493 e. The molecule has 1 aromatic heterocycles. The Balaban J connectivity index is 2.12. The van der Waals surface area contributed by atoms with E-state index in [1.165, 1.54) is 25.6 Å². The van der Waals surface area contributed by atoms with Crippen molar-refractivity contribution in [3.05, 3.63) is 32.3 Å². The molecule has 0 saturated carbocycles. The van der Waals surface area contributed by atoms with Crippen molar-refractivity contribution in [2.24, 2.45) is 0 Å². The van der Waals surface area contributed by atoms with Crippen LogP contribution in [0.25, 0.3) is 0 Å². The standard InChI is InChI=1S/C16H17IN2O5S/c1-4-24-14(20)5-9-8-25-16(18-9)19-15(21)10-6-12(22-2)13(23-3)7-11(10)17/h6-8H,4-5H2,1-3H3,(H,18,19,21). The SMILES string of the molecule is CCOC(=O)Cc1csc(NC(=O)c2cc(OC)c(OC)cc2I)n1. The van der Waals surface area contributed by atoms with Crippen molar-refractivity contribution in [2.45, 2.75) is 13.3 Å². The smallest absolute Gasteiger partial charge is 0.311 e. The third kappa shape index (κ3) is 5.05. The Bertz CT molecular complexity index is 778. The van der Waals surface area contributed by atoms with Crippen LogP contribution in [-0.4, -0.2) is 37.7 Å². The molecule has 25 heavy (non-hydrogen) atoms. The average molecular weight is 476 g/mol. The summed E-state index contributed by atoms with van der Waals surface area (Å²) < 4.78 is 16.0. The Morgan fingerprint density at radius 2 is 1.92 bits per heavy atom. The van der Waals surface area contributed by atoms with Crippen LogP contribution in [0.5, 0.6) is 11.5 Å². The first-order valence-corrected chi connectivity index (χ1v) is 9.27. The minimum atomic E-state index is -0.347. The lowest BCUT2D eigenvalue weighted by Gasteiger charge is -2.11. The Hall–Kier alpha value is -1.88. The molecule has 2 rings (SSSR count). The van der Waals surface area contributed by atoms with Crippen molar-refractivity contribution < 1.29 is 23.8 Å². The van der Waals surface area contributed by atoms with E-state index >= 15 is 0 Å². The molecule has 0 radical (unpaired) electrons. The summed E-state index contributed by atoms with van der Waals surface area (Å²) in [5, 5.41) is 4.85. The molecule has 0 aliphatic heterocycles. The number of nitrogens with one attached hydrogen (secondary N) is 1. The monoisotopic (exact) mass is 476 g/mol. The minimum Gasteiger partial charge on any atom is -0.493 e. The third-order valence-electron chi connectivity index (χ3n) is 3.12. The van der Waals surface area contributed by atoms with E-state index in [9.17, 15) is 9.59 Å². The van der Waals surface area contributed by atoms with Gasteiger partial charge in [-0.15, -0.1) is 11.3 Å². The van der Waals surface area contributed by atoms with E-state index in [1.807, 2.05) is 0 Å². The highest BCUT2D eigenvalue weighted by Gasteiger charge is 2.17. The third-order valence-corrected chi connectivity index (χ3v) is 4.82. The number of benzene rings is 1. The molecule has 0 aliphatic rings. The highest BCUT2D eigenvalue weighted by molar-refractivity contribution is 14.1. The van der Waals surface area contributed by atoms with Crippen LogP contribution in [0.15, 0.2) is 17.5 Å². The maximum atomic E-state index is 12.5. The van der Waals surface area contributed by atoms with Crippen LogP contribution < -0.4 is 14.8 Å². The molecule has 1 aromatic carbocycles. The number of esters is 1. The summed E-state index contributed by atoms with van der Waals surface area (Å²) in [5.74, 6) is 0.354. The molecule has 1 N–H and O–H groups in total. The maximum absolute atomic E-state index is 12.5. The summed E-state index contributed by atoms with van der Waals surface area (Å²) in [6.07, 6.45) is 0.0775. The van der Waals surface area contributed by atoms with E-state index < -0.39 is 0 Å². The van der Waals surface area contributed by atoms with E-state index in [1.54, 1.807) is 24.4 Å². The van der Waals surface area contributed by atoms with Gasteiger partial charge in [0, 0.05) is 8.95 Å². The number of hydrogen-bond acceptors (Lipinski definition) is 7. The highest BCUT2D eigenvalue weighted by atomic mass is 127. The first kappa shape index (κ1) is 19.4. The van der Waals surface area contributed by atoms with E-state index in [2.05, 4.69) is 32.9 Å². The molecule has 0 aliphatic carbocycles. The van der Waals surface area contributed by atoms with Gasteiger partial charge in [0.15, 0.2) is 16.6 Å². The number of ether oxygens (including phenoxy) is 3. The number of amides is 1. The molecule has 0 saturated heterocycles. The Morgan fingerprint density at radius 1 is 1.24 bits per heavy atom. The molecule has 7 nitrogen and oxygen atoms in total. The van der Waals surface area contributed by atoms with Crippen molar-refractivity contribution >= 4 is 50.9 Å². The molecule has 1 amide bonds. The molecule has 0 unspecified atom stereocenters. The number of aromatic nitrogens is 1. The first-order valence-electron chi connectivity index (χ1n) is 7.31. The van der Waals surface area contributed by atoms with Crippen LogP contribution in [-0.2, 0) is 16.0 Å². The molecular formula is C16H17IN2O5S. The molecule has 0 spiro atoms. The molecule has 0 atom stereocenters. The summed E-state index contributed by atoms with van der Waals surface area (Å²) in [6, 6.07) is 3.34. The summed E-state index contributed by atoms with van der Waals surface area (Å²) >= 11 is 3.30. The van der Waals surface area contributed by atoms with E-state index in [4.69, 9.17) is 14.2 Å². The summed E-state index contributed by atoms with van der Waals surface area (Å²) in [6.45, 7) is 2.07. The lowest BCUT2D eigenvalue weighted by atomic mass is 10.2. The zero-order chi connectivity index (χ0) is 18.4. The molecule has 2 aromatic rings. The second-order valence-electron chi connectivity index (χ2n) is 4.77. The lowest BCUT2D eigenvalue weighted by molar-refractivity contribution is -0.142. The number of nitrogens with zero attached hydrogens (tertiary/aromatic N) is 1. The van der Waals surface area contributed by atoms with Crippen molar-refractivity contribution in [3.63, 3.8) is 0 Å². The zero-order valence-electron chi connectivity index (χ0n) is 13.9. The molecule has 9 heteroatoms. The van der Waals surface area contributed by atoms with Crippen LogP contribution in [0.2, 0.25) is 0 Å². The Labute approximate surface area is 162 Å². The quantitative estimate of drug-likeness (QED) is 0.488. The molecule has 0 fully saturated rings. The van der Waals surface area contributed by atoms with E-state index in [0.717, 1.165) is 3.57 Å². The summed E-state index contributed by atoms with van der Waals surface area (Å²) in [7, 11) is 3.04. The molecule has 134 valence electrons. The Morgan fingerprint density at radius 3 is 2.56 bits per heavy atom. The van der Waals surface area contributed by atoms with Gasteiger partial charge in [0.05, 0.1) is 38.5 Å². The number of carbonyl (C=O) groups is 2. The number of halogens is 1. The maximum Gasteiger partial charge on any atom is 0.311 e. The highest BCUT2D eigenvalue weighted by Crippen LogP contribution is 2.31. The fraction of sp³-hybridized carbons (Fsp3) is 0.312. The van der Waals surface area contributed by atoms with Gasteiger partial charge in [0.1, 0.15) is 0 Å². The van der Waals surface area contributed by atoms with Crippen molar-refractivity contribution in [1.82, 2.24) is 4.98 Å². The number of thiazole rings is 1. The predicted molar refractivity (Wildman–Crippen MR) is 103 cm³/mol. The van der Waals surface area contributed by atoms with Crippen LogP contribution >= 0.6 is 33.9 Å². The van der Waals surface area contributed by atoms with E-state index in [-0.39, 0.29) is 18.3 Å². The number of anilines is 1. The molecule has 1 heterocycles. The van der Waals surface area contributed by atoms with Gasteiger partial charge in [-0.05, 0) is 41.6 Å². The topological polar surface area (TPSA) is 86.8 Å². The van der Waals surface area contributed by atoms with E-state index in [0.29, 0.717) is 34.5 Å². The minimum absolute atomic E-state index is 0.0775. The van der Waals surface area contributed by atoms with Gasteiger partial charge in [-0.3, -0.25) is 14.9 Å². The first-order chi connectivity index (χ1) is 12.0. The van der Waals surface area contributed by atoms with Crippen LogP contribution in [0.4, 0.5) is 5.13 Å². The fourth-order valence-electron chi connectivity index (χ4n) is 2.00. The lowest BCUT2D eigenvalue weighted by Crippen LogP contribution is -2.14. The van der Waals surface area contributed by atoms with Crippen LogP contribution in [0, 0.1) is 3.57 Å². The van der Waals surface area contributed by atoms with Crippen molar-refractivity contribution in [2.75, 3.05) is 26.1 Å². The van der Waals surface area contributed by atoms with Gasteiger partial charge >= 0.3 is 5.97 Å². The average Bonchev–Trinajstić information content (AvgIpc) is 3.01. The van der Waals surface area contributed by atoms with Gasteiger partial charge < -0.3 is 14.2 Å². The number of rotatable bonds is 7. The van der Waals surface area contributed by atoms with Crippen molar-refractivity contribution in [1.29, 1.82) is 0 Å². The molecule has 0 bridgehead atoms. The van der Waals surface area contributed by atoms with Crippen molar-refractivity contribution in [3.8, 4) is 11.5 Å². The predicted octanol–water partition coefficient (Wildman–Crippen LogP) is 3.12. The van der Waals surface area contributed by atoms with Crippen LogP contribution in [0.1, 0.15) is 23.0 Å². The van der Waals surface area contributed by atoms with Gasteiger partial charge in [-0.1, -0.05) is 0 Å². The number of methoxy groups -OCH3 is 2. The summed E-state index contributed by atoms with van der Waals surface area (Å²) in [4.78, 5) is 28.2. The molecular weight excluding hydrogens is 459 g/mol. The van der Waals surface area contributed by atoms with Gasteiger partial charge in [0.2, 0.25) is 0 Å². The second kappa shape index (κ2) is 8.99. The van der Waals surface area contributed by atoms with Crippen LogP contribution in [0.3, 0.4) is 0 Å². The second-order valence-corrected chi connectivity index (χ2v) is 6.79. The van der Waals surface area contributed by atoms with Gasteiger partial charge in [-0.2, -0.15) is 0 Å². The number of hydrogen-bond donors (Lipinski definition) is 1. The normalized spacial score (nSPS) is 10.2. The number of carbonyl (C=O) groups excluding carboxylic acids is 2. The van der Waals surface area contributed by atoms with Gasteiger partial charge in [0.25, 0.3) is 5.91 Å². The zero-order valence-corrected chi connectivity index (χ0v) is 16.9. The fourth-order valence-corrected chi connectivity index (χ4v) is 3.39. The Kier molecular flexibility index (Phi) is 7.00.